The minimum Gasteiger partial charge on any atom is -0.458 e. The lowest BCUT2D eigenvalue weighted by Gasteiger charge is -2.54. The number of nitrogens with zero attached hydrogens (tertiary/aromatic N) is 6. The summed E-state index contributed by atoms with van der Waals surface area (Å²) < 4.78 is 20.3. The van der Waals surface area contributed by atoms with Crippen molar-refractivity contribution in [3.8, 4) is 0 Å². The van der Waals surface area contributed by atoms with Gasteiger partial charge in [0.25, 0.3) is 5.56 Å². The fourth-order valence-electron chi connectivity index (χ4n) is 6.63. The SMILES string of the molecule is C[C@@H]1CC(C(=O)OC(C)(C)C)n2c1c(N1CCN(C(=O)OC(C)(C)C)[C@H]3CC[C@@H]31)c(=O)n1nc(C3=CCOCC3)nc21. The Morgan fingerprint density at radius 2 is 1.74 bits per heavy atom. The first-order valence-corrected chi connectivity index (χ1v) is 15.0. The van der Waals surface area contributed by atoms with Gasteiger partial charge in [-0.15, -0.1) is 5.10 Å². The maximum absolute atomic E-state index is 14.4. The Hall–Kier alpha value is -3.41. The minimum atomic E-state index is -0.663. The Kier molecular flexibility index (Phi) is 6.90. The quantitative estimate of drug-likeness (QED) is 0.499. The van der Waals surface area contributed by atoms with E-state index in [1.807, 2.05) is 64.0 Å². The van der Waals surface area contributed by atoms with Crippen molar-refractivity contribution in [1.29, 1.82) is 0 Å². The molecule has 0 aromatic carbocycles. The molecule has 1 amide bonds. The zero-order valence-corrected chi connectivity index (χ0v) is 25.7. The topological polar surface area (TPSA) is 121 Å². The minimum absolute atomic E-state index is 0.0323. The van der Waals surface area contributed by atoms with Gasteiger partial charge < -0.3 is 24.0 Å². The van der Waals surface area contributed by atoms with E-state index in [4.69, 9.17) is 24.3 Å². The van der Waals surface area contributed by atoms with Gasteiger partial charge in [0, 0.05) is 25.0 Å². The number of esters is 1. The predicted molar refractivity (Wildman–Crippen MR) is 156 cm³/mol. The van der Waals surface area contributed by atoms with Gasteiger partial charge in [-0.25, -0.2) is 9.59 Å². The van der Waals surface area contributed by atoms with Crippen molar-refractivity contribution in [2.24, 2.45) is 0 Å². The van der Waals surface area contributed by atoms with Crippen LogP contribution >= 0.6 is 0 Å². The zero-order chi connectivity index (χ0) is 30.1. The van der Waals surface area contributed by atoms with Gasteiger partial charge in [-0.05, 0) is 72.8 Å². The number of ether oxygens (including phenoxy) is 3. The third-order valence-electron chi connectivity index (χ3n) is 8.49. The molecule has 1 saturated carbocycles. The Morgan fingerprint density at radius 3 is 2.36 bits per heavy atom. The summed E-state index contributed by atoms with van der Waals surface area (Å²) in [5.41, 5.74) is 0.733. The highest BCUT2D eigenvalue weighted by Gasteiger charge is 2.49. The Balaban J connectivity index is 1.46. The highest BCUT2D eigenvalue weighted by atomic mass is 16.6. The van der Waals surface area contributed by atoms with Crippen LogP contribution in [0.25, 0.3) is 11.4 Å². The fraction of sp³-hybridized carbons (Fsp3) is 0.700. The average molecular weight is 583 g/mol. The highest BCUT2D eigenvalue weighted by Crippen LogP contribution is 2.45. The summed E-state index contributed by atoms with van der Waals surface area (Å²) in [5, 5.41) is 4.69. The van der Waals surface area contributed by atoms with Gasteiger partial charge in [0.05, 0.1) is 24.9 Å². The van der Waals surface area contributed by atoms with Crippen LogP contribution < -0.4 is 10.5 Å². The average Bonchev–Trinajstić information content (AvgIpc) is 3.46. The van der Waals surface area contributed by atoms with E-state index in [2.05, 4.69) is 4.90 Å². The zero-order valence-electron chi connectivity index (χ0n) is 25.7. The van der Waals surface area contributed by atoms with Gasteiger partial charge in [-0.2, -0.15) is 9.50 Å². The van der Waals surface area contributed by atoms with Crippen LogP contribution in [0.2, 0.25) is 0 Å². The van der Waals surface area contributed by atoms with E-state index >= 15 is 0 Å². The number of anilines is 1. The molecular weight excluding hydrogens is 540 g/mol. The standard InChI is InChI=1S/C30H42N6O6/c1-17-16-21(26(38)41-29(2,3)4)35-22(17)23(25(37)36-27(35)31-24(32-36)18-10-14-40-15-11-18)33-12-13-34(20-9-8-19(20)33)28(39)42-30(5,6)7/h10,17,19-21H,8-9,11-16H2,1-7H3/t17-,19+,20+,21?/m1/s1. The molecule has 228 valence electrons. The molecule has 4 aliphatic rings. The summed E-state index contributed by atoms with van der Waals surface area (Å²) in [7, 11) is 0. The normalized spacial score (nSPS) is 25.9. The molecule has 0 N–H and O–H groups in total. The third kappa shape index (κ3) is 4.97. The number of carbonyl (C=O) groups excluding carboxylic acids is 2. The summed E-state index contributed by atoms with van der Waals surface area (Å²) in [6, 6.07) is -0.728. The maximum atomic E-state index is 14.4. The molecular formula is C30H42N6O6. The molecule has 3 aliphatic heterocycles. The molecule has 1 aliphatic carbocycles. The molecule has 2 aromatic rings. The first-order valence-electron chi connectivity index (χ1n) is 15.0. The summed E-state index contributed by atoms with van der Waals surface area (Å²) in [4.78, 5) is 49.8. The fourth-order valence-corrected chi connectivity index (χ4v) is 6.63. The van der Waals surface area contributed by atoms with Crippen LogP contribution in [0.15, 0.2) is 10.9 Å². The lowest BCUT2D eigenvalue weighted by molar-refractivity contribution is -0.158. The van der Waals surface area contributed by atoms with Crippen LogP contribution in [0.4, 0.5) is 10.5 Å². The maximum Gasteiger partial charge on any atom is 0.410 e. The number of fused-ring (bicyclic) bond motifs is 4. The first kappa shape index (κ1) is 28.7. The van der Waals surface area contributed by atoms with Crippen molar-refractivity contribution in [3.63, 3.8) is 0 Å². The number of piperazine rings is 1. The second-order valence-electron chi connectivity index (χ2n) is 13.9. The van der Waals surface area contributed by atoms with Gasteiger partial charge in [0.2, 0.25) is 5.78 Å². The molecule has 5 heterocycles. The highest BCUT2D eigenvalue weighted by molar-refractivity contribution is 5.78. The number of amides is 1. The van der Waals surface area contributed by atoms with E-state index in [1.165, 1.54) is 4.52 Å². The molecule has 4 atom stereocenters. The van der Waals surface area contributed by atoms with E-state index in [0.29, 0.717) is 56.4 Å². The van der Waals surface area contributed by atoms with Crippen LogP contribution in [0, 0.1) is 0 Å². The summed E-state index contributed by atoms with van der Waals surface area (Å²) in [6.07, 6.45) is 4.45. The molecule has 2 aromatic heterocycles. The van der Waals surface area contributed by atoms with Crippen molar-refractivity contribution >= 4 is 29.1 Å². The van der Waals surface area contributed by atoms with Crippen molar-refractivity contribution in [2.75, 3.05) is 31.2 Å². The Labute approximate surface area is 245 Å². The largest absolute Gasteiger partial charge is 0.458 e. The number of hydrogen-bond donors (Lipinski definition) is 0. The van der Waals surface area contributed by atoms with E-state index in [-0.39, 0.29) is 35.6 Å². The molecule has 6 rings (SSSR count). The molecule has 1 unspecified atom stereocenters. The lowest BCUT2D eigenvalue weighted by Crippen LogP contribution is -2.67. The van der Waals surface area contributed by atoms with Gasteiger partial charge in [0.1, 0.15) is 22.9 Å². The molecule has 12 nitrogen and oxygen atoms in total. The van der Waals surface area contributed by atoms with Crippen LogP contribution in [-0.4, -0.2) is 85.7 Å². The van der Waals surface area contributed by atoms with Crippen LogP contribution in [-0.2, 0) is 19.0 Å². The summed E-state index contributed by atoms with van der Waals surface area (Å²) >= 11 is 0. The van der Waals surface area contributed by atoms with Gasteiger partial charge in [-0.1, -0.05) is 13.0 Å². The van der Waals surface area contributed by atoms with Crippen LogP contribution in [0.1, 0.15) is 97.6 Å². The summed E-state index contributed by atoms with van der Waals surface area (Å²) in [5.74, 6) is 0.371. The molecule has 0 spiro atoms. The summed E-state index contributed by atoms with van der Waals surface area (Å²) in [6.45, 7) is 15.1. The first-order chi connectivity index (χ1) is 19.7. The van der Waals surface area contributed by atoms with Crippen molar-refractivity contribution in [2.45, 2.75) is 109 Å². The molecule has 42 heavy (non-hydrogen) atoms. The number of aromatic nitrogens is 4. The van der Waals surface area contributed by atoms with Crippen LogP contribution in [0.5, 0.6) is 0 Å². The third-order valence-corrected chi connectivity index (χ3v) is 8.49. The number of carbonyl (C=O) groups is 2. The van der Waals surface area contributed by atoms with E-state index in [1.54, 1.807) is 0 Å². The van der Waals surface area contributed by atoms with Crippen molar-refractivity contribution in [1.82, 2.24) is 24.1 Å². The van der Waals surface area contributed by atoms with Crippen molar-refractivity contribution in [3.05, 3.63) is 27.9 Å². The van der Waals surface area contributed by atoms with E-state index in [0.717, 1.165) is 24.1 Å². The van der Waals surface area contributed by atoms with Gasteiger partial charge in [-0.3, -0.25) is 9.36 Å². The second-order valence-corrected chi connectivity index (χ2v) is 13.9. The predicted octanol–water partition coefficient (Wildman–Crippen LogP) is 3.67. The molecule has 2 fully saturated rings. The lowest BCUT2D eigenvalue weighted by atomic mass is 9.81. The number of rotatable bonds is 3. The van der Waals surface area contributed by atoms with Crippen molar-refractivity contribution < 1.29 is 23.8 Å². The van der Waals surface area contributed by atoms with E-state index in [9.17, 15) is 14.4 Å². The second kappa shape index (κ2) is 10.1. The van der Waals surface area contributed by atoms with Gasteiger partial charge in [0.15, 0.2) is 5.82 Å². The molecule has 0 bridgehead atoms. The molecule has 0 radical (unpaired) electrons. The smallest absolute Gasteiger partial charge is 0.410 e. The van der Waals surface area contributed by atoms with Gasteiger partial charge >= 0.3 is 12.1 Å². The van der Waals surface area contributed by atoms with Crippen LogP contribution in [0.3, 0.4) is 0 Å². The number of hydrogen-bond acceptors (Lipinski definition) is 9. The van der Waals surface area contributed by atoms with E-state index < -0.39 is 17.2 Å². The Bertz CT molecular complexity index is 1510. The molecule has 12 heteroatoms. The monoisotopic (exact) mass is 582 g/mol. The Morgan fingerprint density at radius 1 is 1.02 bits per heavy atom. The molecule has 1 saturated heterocycles.